The van der Waals surface area contributed by atoms with E-state index in [-0.39, 0.29) is 12.1 Å². The van der Waals surface area contributed by atoms with Gasteiger partial charge >= 0.3 is 12.1 Å². The number of piperazine rings is 1. The Balaban J connectivity index is 1.45. The van der Waals surface area contributed by atoms with Crippen LogP contribution in [0.15, 0.2) is 0 Å². The molecule has 0 unspecified atom stereocenters. The van der Waals surface area contributed by atoms with Crippen LogP contribution < -0.4 is 0 Å². The molecule has 2 rings (SSSR count). The molecule has 0 aromatic rings. The van der Waals surface area contributed by atoms with E-state index in [1.54, 1.807) is 19.0 Å². The molecule has 2 saturated heterocycles. The first-order valence-electron chi connectivity index (χ1n) is 13.8. The maximum absolute atomic E-state index is 12.7. The van der Waals surface area contributed by atoms with Crippen molar-refractivity contribution in [3.8, 4) is 0 Å². The van der Waals surface area contributed by atoms with Crippen molar-refractivity contribution < 1.29 is 9.59 Å². The van der Waals surface area contributed by atoms with E-state index < -0.39 is 0 Å². The molecule has 2 heterocycles. The molecule has 0 saturated carbocycles. The normalized spacial score (nSPS) is 17.3. The smallest absolute Gasteiger partial charge is 0.320 e. The summed E-state index contributed by atoms with van der Waals surface area (Å²) < 4.78 is 0. The Morgan fingerprint density at radius 3 is 1.67 bits per heavy atom. The summed E-state index contributed by atoms with van der Waals surface area (Å²) in [6.07, 6.45) is 16.2. The van der Waals surface area contributed by atoms with Gasteiger partial charge in [-0.25, -0.2) is 9.59 Å². The van der Waals surface area contributed by atoms with Crippen molar-refractivity contribution in [1.29, 1.82) is 0 Å². The zero-order chi connectivity index (χ0) is 23.9. The molecule has 7 nitrogen and oxygen atoms in total. The number of hydrogen-bond donors (Lipinski definition) is 0. The first-order valence-corrected chi connectivity index (χ1v) is 13.8. The van der Waals surface area contributed by atoms with Gasteiger partial charge in [0.1, 0.15) is 0 Å². The second-order valence-corrected chi connectivity index (χ2v) is 10.2. The summed E-state index contributed by atoms with van der Waals surface area (Å²) in [5.41, 5.74) is 0. The van der Waals surface area contributed by atoms with Crippen LogP contribution in [-0.2, 0) is 0 Å². The minimum Gasteiger partial charge on any atom is -0.331 e. The fraction of sp³-hybridized carbons (Fsp3) is 0.923. The largest absolute Gasteiger partial charge is 0.331 e. The van der Waals surface area contributed by atoms with Crippen LogP contribution in [0.2, 0.25) is 0 Å². The molecule has 0 bridgehead atoms. The van der Waals surface area contributed by atoms with E-state index in [4.69, 9.17) is 0 Å². The SMILES string of the molecule is CCCCCCCCCCCCCCN1CCN(CCN2CCN(C(=O)N(C)C)CC2)C1=O. The highest BCUT2D eigenvalue weighted by atomic mass is 16.2. The lowest BCUT2D eigenvalue weighted by Gasteiger charge is -2.36. The van der Waals surface area contributed by atoms with E-state index >= 15 is 0 Å². The molecule has 0 aromatic heterocycles. The summed E-state index contributed by atoms with van der Waals surface area (Å²) in [5.74, 6) is 0. The summed E-state index contributed by atoms with van der Waals surface area (Å²) in [6.45, 7) is 9.96. The fourth-order valence-corrected chi connectivity index (χ4v) is 4.90. The predicted molar refractivity (Wildman–Crippen MR) is 137 cm³/mol. The summed E-state index contributed by atoms with van der Waals surface area (Å²) in [7, 11) is 3.60. The zero-order valence-electron chi connectivity index (χ0n) is 21.9. The number of carbonyl (C=O) groups is 2. The first-order chi connectivity index (χ1) is 16.0. The first kappa shape index (κ1) is 27.7. The monoisotopic (exact) mass is 465 g/mol. The molecule has 192 valence electrons. The molecule has 0 atom stereocenters. The third-order valence-electron chi connectivity index (χ3n) is 7.17. The molecule has 0 radical (unpaired) electrons. The number of amides is 4. The Bertz CT molecular complexity index is 549. The van der Waals surface area contributed by atoms with Crippen LogP contribution in [0.1, 0.15) is 84.0 Å². The average molecular weight is 466 g/mol. The van der Waals surface area contributed by atoms with Gasteiger partial charge in [0.25, 0.3) is 0 Å². The van der Waals surface area contributed by atoms with Crippen LogP contribution in [0, 0.1) is 0 Å². The van der Waals surface area contributed by atoms with Gasteiger partial charge in [0.05, 0.1) is 0 Å². The van der Waals surface area contributed by atoms with Gasteiger partial charge in [0.2, 0.25) is 0 Å². The number of urea groups is 2. The third kappa shape index (κ3) is 10.5. The Hall–Kier alpha value is -1.50. The maximum atomic E-state index is 12.7. The second kappa shape index (κ2) is 16.2. The predicted octanol–water partition coefficient (Wildman–Crippen LogP) is 4.72. The molecule has 33 heavy (non-hydrogen) atoms. The van der Waals surface area contributed by atoms with E-state index in [1.807, 2.05) is 14.7 Å². The molecule has 0 aliphatic carbocycles. The number of nitrogens with zero attached hydrogens (tertiary/aromatic N) is 5. The minimum atomic E-state index is 0.0952. The summed E-state index contributed by atoms with van der Waals surface area (Å²) in [5, 5.41) is 0. The topological polar surface area (TPSA) is 50.3 Å². The molecular weight excluding hydrogens is 414 g/mol. The van der Waals surface area contributed by atoms with Crippen LogP contribution in [0.3, 0.4) is 0 Å². The summed E-state index contributed by atoms with van der Waals surface area (Å²) >= 11 is 0. The Morgan fingerprint density at radius 2 is 1.15 bits per heavy atom. The van der Waals surface area contributed by atoms with Crippen LogP contribution in [-0.4, -0.2) is 110 Å². The lowest BCUT2D eigenvalue weighted by Crippen LogP contribution is -2.52. The van der Waals surface area contributed by atoms with E-state index in [9.17, 15) is 9.59 Å². The van der Waals surface area contributed by atoms with E-state index in [2.05, 4.69) is 11.8 Å². The van der Waals surface area contributed by atoms with Gasteiger partial charge in [0.15, 0.2) is 0 Å². The third-order valence-corrected chi connectivity index (χ3v) is 7.17. The molecule has 2 fully saturated rings. The highest BCUT2D eigenvalue weighted by Gasteiger charge is 2.28. The van der Waals surface area contributed by atoms with E-state index in [0.29, 0.717) is 0 Å². The van der Waals surface area contributed by atoms with Crippen LogP contribution in [0.25, 0.3) is 0 Å². The average Bonchev–Trinajstić information content (AvgIpc) is 3.17. The Labute approximate surface area is 203 Å². The lowest BCUT2D eigenvalue weighted by atomic mass is 10.1. The molecule has 0 N–H and O–H groups in total. The lowest BCUT2D eigenvalue weighted by molar-refractivity contribution is 0.118. The van der Waals surface area contributed by atoms with Crippen molar-refractivity contribution in [1.82, 2.24) is 24.5 Å². The molecule has 0 aromatic carbocycles. The van der Waals surface area contributed by atoms with Gasteiger partial charge in [-0.05, 0) is 6.42 Å². The number of hydrogen-bond acceptors (Lipinski definition) is 3. The Kier molecular flexibility index (Phi) is 13.6. The van der Waals surface area contributed by atoms with Crippen molar-refractivity contribution in [3.05, 3.63) is 0 Å². The number of unbranched alkanes of at least 4 members (excludes halogenated alkanes) is 11. The van der Waals surface area contributed by atoms with E-state index in [1.165, 1.54) is 70.6 Å². The fourth-order valence-electron chi connectivity index (χ4n) is 4.90. The molecule has 4 amide bonds. The van der Waals surface area contributed by atoms with Gasteiger partial charge in [-0.15, -0.1) is 0 Å². The number of rotatable bonds is 16. The van der Waals surface area contributed by atoms with Crippen molar-refractivity contribution >= 4 is 12.1 Å². The van der Waals surface area contributed by atoms with Gasteiger partial charge in [-0.2, -0.15) is 0 Å². The van der Waals surface area contributed by atoms with Gasteiger partial charge in [-0.3, -0.25) is 4.90 Å². The minimum absolute atomic E-state index is 0.0952. The Morgan fingerprint density at radius 1 is 0.667 bits per heavy atom. The highest BCUT2D eigenvalue weighted by molar-refractivity contribution is 5.76. The van der Waals surface area contributed by atoms with Crippen LogP contribution >= 0.6 is 0 Å². The van der Waals surface area contributed by atoms with Crippen molar-refractivity contribution in [2.24, 2.45) is 0 Å². The molecule has 2 aliphatic heterocycles. The highest BCUT2D eigenvalue weighted by Crippen LogP contribution is 2.14. The quantitative estimate of drug-likeness (QED) is 0.310. The van der Waals surface area contributed by atoms with Crippen molar-refractivity contribution in [3.63, 3.8) is 0 Å². The molecular formula is C26H51N5O2. The maximum Gasteiger partial charge on any atom is 0.320 e. The zero-order valence-corrected chi connectivity index (χ0v) is 21.9. The standard InChI is InChI=1S/C26H51N5O2/c1-4-5-6-7-8-9-10-11-12-13-14-15-16-29-23-24-31(26(29)33)22-19-28-17-20-30(21-18-28)25(32)27(2)3/h4-24H2,1-3H3. The number of carbonyl (C=O) groups excluding carboxylic acids is 2. The van der Waals surface area contributed by atoms with Crippen molar-refractivity contribution in [2.75, 3.05) is 73.0 Å². The molecule has 7 heteroatoms. The van der Waals surface area contributed by atoms with Gasteiger partial charge < -0.3 is 19.6 Å². The van der Waals surface area contributed by atoms with Crippen molar-refractivity contribution in [2.45, 2.75) is 84.0 Å². The van der Waals surface area contributed by atoms with Gasteiger partial charge in [0, 0.05) is 73.0 Å². The van der Waals surface area contributed by atoms with Crippen LogP contribution in [0.5, 0.6) is 0 Å². The van der Waals surface area contributed by atoms with E-state index in [0.717, 1.165) is 65.3 Å². The summed E-state index contributed by atoms with van der Waals surface area (Å²) in [4.78, 5) is 34.7. The molecule has 2 aliphatic rings. The molecule has 0 spiro atoms. The second-order valence-electron chi connectivity index (χ2n) is 10.2. The van der Waals surface area contributed by atoms with Gasteiger partial charge in [-0.1, -0.05) is 77.6 Å². The summed E-state index contributed by atoms with van der Waals surface area (Å²) in [6, 6.07) is 0.317. The van der Waals surface area contributed by atoms with Crippen LogP contribution in [0.4, 0.5) is 9.59 Å².